The lowest BCUT2D eigenvalue weighted by atomic mass is 10.2. The van der Waals surface area contributed by atoms with Crippen molar-refractivity contribution in [3.05, 3.63) is 35.4 Å². The van der Waals surface area contributed by atoms with Gasteiger partial charge in [-0.3, -0.25) is 4.99 Å². The second kappa shape index (κ2) is 9.45. The SMILES string of the molecule is CN=C(NCCN1CCCCCC1)NCc1cc(F)ccc1F. The fourth-order valence-electron chi connectivity index (χ4n) is 2.77. The predicted octanol–water partition coefficient (Wildman–Crippen LogP) is 2.51. The van der Waals surface area contributed by atoms with Crippen molar-refractivity contribution < 1.29 is 8.78 Å². The largest absolute Gasteiger partial charge is 0.355 e. The molecule has 0 atom stereocenters. The number of hydrogen-bond acceptors (Lipinski definition) is 2. The van der Waals surface area contributed by atoms with Crippen LogP contribution in [0.5, 0.6) is 0 Å². The van der Waals surface area contributed by atoms with Gasteiger partial charge in [0.25, 0.3) is 0 Å². The topological polar surface area (TPSA) is 39.7 Å². The summed E-state index contributed by atoms with van der Waals surface area (Å²) in [5, 5.41) is 6.24. The first-order valence-electron chi connectivity index (χ1n) is 8.30. The molecule has 1 aromatic carbocycles. The minimum absolute atomic E-state index is 0.201. The molecule has 2 N–H and O–H groups in total. The number of guanidine groups is 1. The molecule has 0 amide bonds. The van der Waals surface area contributed by atoms with E-state index in [0.29, 0.717) is 11.5 Å². The fraction of sp³-hybridized carbons (Fsp3) is 0.588. The number of nitrogens with zero attached hydrogens (tertiary/aromatic N) is 2. The third kappa shape index (κ3) is 6.14. The highest BCUT2D eigenvalue weighted by molar-refractivity contribution is 5.79. The van der Waals surface area contributed by atoms with Crippen LogP contribution in [0.25, 0.3) is 0 Å². The van der Waals surface area contributed by atoms with Crippen molar-refractivity contribution in [3.63, 3.8) is 0 Å². The Hall–Kier alpha value is -1.69. The number of hydrogen-bond donors (Lipinski definition) is 2. The molecule has 0 unspecified atom stereocenters. The molecule has 1 heterocycles. The summed E-state index contributed by atoms with van der Waals surface area (Å²) < 4.78 is 26.7. The smallest absolute Gasteiger partial charge is 0.191 e. The van der Waals surface area contributed by atoms with Gasteiger partial charge in [0.15, 0.2) is 5.96 Å². The Labute approximate surface area is 137 Å². The van der Waals surface area contributed by atoms with Crippen molar-refractivity contribution in [2.24, 2.45) is 4.99 Å². The minimum Gasteiger partial charge on any atom is -0.355 e. The first-order chi connectivity index (χ1) is 11.2. The summed E-state index contributed by atoms with van der Waals surface area (Å²) in [5.41, 5.74) is 0.292. The lowest BCUT2D eigenvalue weighted by molar-refractivity contribution is 0.289. The Morgan fingerprint density at radius 1 is 1.13 bits per heavy atom. The van der Waals surface area contributed by atoms with Gasteiger partial charge in [-0.15, -0.1) is 0 Å². The van der Waals surface area contributed by atoms with E-state index in [9.17, 15) is 8.78 Å². The molecule has 1 aliphatic rings. The molecule has 0 radical (unpaired) electrons. The van der Waals surface area contributed by atoms with E-state index in [1.54, 1.807) is 7.05 Å². The van der Waals surface area contributed by atoms with Crippen molar-refractivity contribution in [2.75, 3.05) is 33.2 Å². The van der Waals surface area contributed by atoms with Crippen molar-refractivity contribution in [2.45, 2.75) is 32.2 Å². The van der Waals surface area contributed by atoms with E-state index in [0.717, 1.165) is 38.3 Å². The van der Waals surface area contributed by atoms with Crippen LogP contribution in [0.3, 0.4) is 0 Å². The van der Waals surface area contributed by atoms with Crippen LogP contribution < -0.4 is 10.6 Å². The highest BCUT2D eigenvalue weighted by Crippen LogP contribution is 2.09. The van der Waals surface area contributed by atoms with Crippen LogP contribution in [-0.4, -0.2) is 44.1 Å². The maximum Gasteiger partial charge on any atom is 0.191 e. The number of halogens is 2. The maximum atomic E-state index is 13.6. The average molecular weight is 324 g/mol. The zero-order valence-electron chi connectivity index (χ0n) is 13.7. The van der Waals surface area contributed by atoms with E-state index in [4.69, 9.17) is 0 Å². The number of likely N-dealkylation sites (tertiary alicyclic amines) is 1. The van der Waals surface area contributed by atoms with Crippen molar-refractivity contribution in [1.82, 2.24) is 15.5 Å². The summed E-state index contributed by atoms with van der Waals surface area (Å²) in [6.07, 6.45) is 5.19. The molecule has 1 saturated heterocycles. The van der Waals surface area contributed by atoms with Crippen LogP contribution in [0.4, 0.5) is 8.78 Å². The average Bonchev–Trinajstić information content (AvgIpc) is 2.82. The highest BCUT2D eigenvalue weighted by atomic mass is 19.1. The van der Waals surface area contributed by atoms with E-state index in [-0.39, 0.29) is 6.54 Å². The van der Waals surface area contributed by atoms with E-state index in [1.165, 1.54) is 31.7 Å². The zero-order valence-corrected chi connectivity index (χ0v) is 13.7. The summed E-state index contributed by atoms with van der Waals surface area (Å²) >= 11 is 0. The van der Waals surface area contributed by atoms with Gasteiger partial charge >= 0.3 is 0 Å². The first kappa shape index (κ1) is 17.7. The molecule has 1 aliphatic heterocycles. The molecule has 0 spiro atoms. The van der Waals surface area contributed by atoms with Crippen molar-refractivity contribution >= 4 is 5.96 Å². The zero-order chi connectivity index (χ0) is 16.5. The number of rotatable bonds is 5. The molecule has 6 heteroatoms. The van der Waals surface area contributed by atoms with Gasteiger partial charge < -0.3 is 15.5 Å². The van der Waals surface area contributed by atoms with Gasteiger partial charge in [0.05, 0.1) is 0 Å². The van der Waals surface area contributed by atoms with Gasteiger partial charge in [-0.2, -0.15) is 0 Å². The molecule has 1 fully saturated rings. The summed E-state index contributed by atoms with van der Waals surface area (Å²) in [6, 6.07) is 3.46. The fourth-order valence-corrected chi connectivity index (χ4v) is 2.77. The molecule has 2 rings (SSSR count). The first-order valence-corrected chi connectivity index (χ1v) is 8.30. The Balaban J connectivity index is 1.73. The van der Waals surface area contributed by atoms with Crippen LogP contribution >= 0.6 is 0 Å². The third-order valence-electron chi connectivity index (χ3n) is 4.10. The van der Waals surface area contributed by atoms with Gasteiger partial charge in [0.1, 0.15) is 11.6 Å². The Morgan fingerprint density at radius 3 is 2.57 bits per heavy atom. The summed E-state index contributed by atoms with van der Waals surface area (Å²) in [6.45, 7) is 4.26. The second-order valence-electron chi connectivity index (χ2n) is 5.84. The molecule has 23 heavy (non-hydrogen) atoms. The van der Waals surface area contributed by atoms with Gasteiger partial charge in [-0.1, -0.05) is 12.8 Å². The summed E-state index contributed by atoms with van der Waals surface area (Å²) in [5.74, 6) is -0.255. The van der Waals surface area contributed by atoms with Crippen LogP contribution in [0.1, 0.15) is 31.2 Å². The van der Waals surface area contributed by atoms with E-state index < -0.39 is 11.6 Å². The van der Waals surface area contributed by atoms with E-state index in [1.807, 2.05) is 0 Å². The van der Waals surface area contributed by atoms with Crippen molar-refractivity contribution in [3.8, 4) is 0 Å². The molecule has 0 saturated carbocycles. The van der Waals surface area contributed by atoms with Gasteiger partial charge in [-0.05, 0) is 44.1 Å². The molecule has 4 nitrogen and oxygen atoms in total. The van der Waals surface area contributed by atoms with E-state index in [2.05, 4.69) is 20.5 Å². The van der Waals surface area contributed by atoms with Crippen LogP contribution in [-0.2, 0) is 6.54 Å². The Kier molecular flexibility index (Phi) is 7.26. The standard InChI is InChI=1S/C17H26F2N4/c1-20-17(21-8-11-23-9-4-2-3-5-10-23)22-13-14-12-15(18)6-7-16(14)19/h6-7,12H,2-5,8-11,13H2,1H3,(H2,20,21,22). The van der Waals surface area contributed by atoms with Crippen molar-refractivity contribution in [1.29, 1.82) is 0 Å². The van der Waals surface area contributed by atoms with Crippen LogP contribution in [0.2, 0.25) is 0 Å². The maximum absolute atomic E-state index is 13.6. The normalized spacial score (nSPS) is 16.9. The molecule has 0 aliphatic carbocycles. The molecule has 1 aromatic rings. The Morgan fingerprint density at radius 2 is 1.87 bits per heavy atom. The van der Waals surface area contributed by atoms with Gasteiger partial charge in [0.2, 0.25) is 0 Å². The quantitative estimate of drug-likeness (QED) is 0.646. The number of benzene rings is 1. The number of nitrogens with one attached hydrogen (secondary N) is 2. The lowest BCUT2D eigenvalue weighted by Gasteiger charge is -2.20. The second-order valence-corrected chi connectivity index (χ2v) is 5.84. The molecular formula is C17H26F2N4. The van der Waals surface area contributed by atoms with Gasteiger partial charge in [0, 0.05) is 32.2 Å². The highest BCUT2D eigenvalue weighted by Gasteiger charge is 2.09. The summed E-state index contributed by atoms with van der Waals surface area (Å²) in [7, 11) is 1.67. The third-order valence-corrected chi connectivity index (χ3v) is 4.10. The van der Waals surface area contributed by atoms with Crippen LogP contribution in [0.15, 0.2) is 23.2 Å². The van der Waals surface area contributed by atoms with E-state index >= 15 is 0 Å². The number of aliphatic imine (C=N–C) groups is 1. The molecule has 128 valence electrons. The predicted molar refractivity (Wildman–Crippen MR) is 89.5 cm³/mol. The molecule has 0 aromatic heterocycles. The van der Waals surface area contributed by atoms with Crippen LogP contribution in [0, 0.1) is 11.6 Å². The summed E-state index contributed by atoms with van der Waals surface area (Å²) in [4.78, 5) is 6.57. The minimum atomic E-state index is -0.438. The molecule has 0 bridgehead atoms. The molecular weight excluding hydrogens is 298 g/mol. The lowest BCUT2D eigenvalue weighted by Crippen LogP contribution is -2.41. The monoisotopic (exact) mass is 324 g/mol. The Bertz CT molecular complexity index is 511. The van der Waals surface area contributed by atoms with Gasteiger partial charge in [-0.25, -0.2) is 8.78 Å².